The number of carboxylic acids is 1. The van der Waals surface area contributed by atoms with E-state index in [2.05, 4.69) is 25.8 Å². The summed E-state index contributed by atoms with van der Waals surface area (Å²) in [6.45, 7) is 5.46. The molecule has 1 aromatic carbocycles. The number of aliphatic carboxylic acids is 1. The van der Waals surface area contributed by atoms with Gasteiger partial charge in [-0.25, -0.2) is 4.79 Å². The molecule has 1 N–H and O–H groups in total. The molecule has 0 aliphatic carbocycles. The first-order chi connectivity index (χ1) is 8.49. The molecule has 0 spiro atoms. The van der Waals surface area contributed by atoms with Crippen molar-refractivity contribution < 1.29 is 9.90 Å². The van der Waals surface area contributed by atoms with Gasteiger partial charge in [-0.3, -0.25) is 0 Å². The summed E-state index contributed by atoms with van der Waals surface area (Å²) in [4.78, 5) is 12.6. The number of carbonyl (C=O) groups is 1. The van der Waals surface area contributed by atoms with Gasteiger partial charge in [-0.2, -0.15) is 0 Å². The zero-order valence-electron chi connectivity index (χ0n) is 11.3. The van der Waals surface area contributed by atoms with Crippen LogP contribution in [-0.2, 0) is 4.79 Å². The Hall–Kier alpha value is -1.77. The maximum absolute atomic E-state index is 10.4. The van der Waals surface area contributed by atoms with Crippen LogP contribution in [0.25, 0.3) is 6.08 Å². The van der Waals surface area contributed by atoms with Crippen LogP contribution in [0.1, 0.15) is 25.8 Å². The molecule has 3 nitrogen and oxygen atoms in total. The van der Waals surface area contributed by atoms with Crippen LogP contribution in [0.4, 0.5) is 5.69 Å². The quantitative estimate of drug-likeness (QED) is 0.784. The van der Waals surface area contributed by atoms with Crippen molar-refractivity contribution in [2.45, 2.75) is 20.3 Å². The molecule has 0 amide bonds. The molecule has 0 aliphatic rings. The number of benzene rings is 1. The number of hydrogen-bond acceptors (Lipinski definition) is 2. The van der Waals surface area contributed by atoms with Gasteiger partial charge in [-0.05, 0) is 36.1 Å². The second-order valence-corrected chi connectivity index (χ2v) is 4.87. The Kier molecular flexibility index (Phi) is 5.43. The summed E-state index contributed by atoms with van der Waals surface area (Å²) in [5.41, 5.74) is 2.06. The zero-order valence-corrected chi connectivity index (χ0v) is 11.3. The summed E-state index contributed by atoms with van der Waals surface area (Å²) in [5, 5.41) is 8.54. The highest BCUT2D eigenvalue weighted by Gasteiger charge is 2.02. The van der Waals surface area contributed by atoms with E-state index < -0.39 is 5.97 Å². The molecule has 18 heavy (non-hydrogen) atoms. The van der Waals surface area contributed by atoms with Crippen molar-refractivity contribution in [1.82, 2.24) is 0 Å². The maximum atomic E-state index is 10.4. The molecule has 0 unspecified atom stereocenters. The lowest BCUT2D eigenvalue weighted by Gasteiger charge is -2.20. The van der Waals surface area contributed by atoms with Crippen LogP contribution in [0.2, 0.25) is 0 Å². The van der Waals surface area contributed by atoms with Gasteiger partial charge in [0.25, 0.3) is 0 Å². The van der Waals surface area contributed by atoms with E-state index in [9.17, 15) is 4.79 Å². The Balaban J connectivity index is 2.61. The van der Waals surface area contributed by atoms with Gasteiger partial charge >= 0.3 is 5.97 Å². The Bertz CT molecular complexity index is 407. The first kappa shape index (κ1) is 14.3. The Morgan fingerprint density at radius 2 is 1.94 bits per heavy atom. The third-order valence-electron chi connectivity index (χ3n) is 2.79. The summed E-state index contributed by atoms with van der Waals surface area (Å²) in [6.07, 6.45) is 3.91. The monoisotopic (exact) mass is 247 g/mol. The average molecular weight is 247 g/mol. The fourth-order valence-electron chi connectivity index (χ4n) is 1.59. The molecule has 0 radical (unpaired) electrons. The van der Waals surface area contributed by atoms with Gasteiger partial charge in [0.1, 0.15) is 0 Å². The summed E-state index contributed by atoms with van der Waals surface area (Å²) in [6, 6.07) is 7.89. The second kappa shape index (κ2) is 6.84. The normalized spacial score (nSPS) is 11.1. The molecule has 0 bridgehead atoms. The van der Waals surface area contributed by atoms with E-state index in [0.717, 1.165) is 30.3 Å². The molecule has 98 valence electrons. The van der Waals surface area contributed by atoms with Crippen molar-refractivity contribution >= 4 is 17.7 Å². The number of carboxylic acid groups (broad SMARTS) is 1. The van der Waals surface area contributed by atoms with E-state index in [1.54, 1.807) is 6.08 Å². The molecule has 0 aliphatic heterocycles. The van der Waals surface area contributed by atoms with E-state index in [1.165, 1.54) is 0 Å². The predicted octanol–water partition coefficient (Wildman–Crippen LogP) is 3.27. The standard InChI is InChI=1S/C15H21NO2/c1-12(2)10-11-16(3)14-7-4-13(5-8-14)6-9-15(17)18/h4-9,12H,10-11H2,1-3H3,(H,17,18). The molecule has 0 saturated carbocycles. The van der Waals surface area contributed by atoms with Crippen LogP contribution in [0.15, 0.2) is 30.3 Å². The minimum atomic E-state index is -0.923. The van der Waals surface area contributed by atoms with Crippen molar-refractivity contribution in [3.63, 3.8) is 0 Å². The van der Waals surface area contributed by atoms with Crippen LogP contribution in [-0.4, -0.2) is 24.7 Å². The lowest BCUT2D eigenvalue weighted by atomic mass is 10.1. The predicted molar refractivity (Wildman–Crippen MR) is 75.8 cm³/mol. The van der Waals surface area contributed by atoms with Gasteiger partial charge in [0.2, 0.25) is 0 Å². The third kappa shape index (κ3) is 5.04. The molecule has 0 heterocycles. The minimum Gasteiger partial charge on any atom is -0.478 e. The van der Waals surface area contributed by atoms with Gasteiger partial charge in [-0.15, -0.1) is 0 Å². The molecule has 1 rings (SSSR count). The highest BCUT2D eigenvalue weighted by molar-refractivity contribution is 5.85. The van der Waals surface area contributed by atoms with Crippen LogP contribution < -0.4 is 4.90 Å². The summed E-state index contributed by atoms with van der Waals surface area (Å²) in [5.74, 6) is -0.224. The van der Waals surface area contributed by atoms with Crippen LogP contribution in [0, 0.1) is 5.92 Å². The lowest BCUT2D eigenvalue weighted by Crippen LogP contribution is -2.19. The highest BCUT2D eigenvalue weighted by Crippen LogP contribution is 2.15. The Morgan fingerprint density at radius 3 is 2.44 bits per heavy atom. The minimum absolute atomic E-state index is 0.699. The molecule has 3 heteroatoms. The molecule has 0 fully saturated rings. The van der Waals surface area contributed by atoms with Crippen LogP contribution in [0.5, 0.6) is 0 Å². The van der Waals surface area contributed by atoms with Gasteiger partial charge in [0.05, 0.1) is 0 Å². The molecule has 0 atom stereocenters. The first-order valence-corrected chi connectivity index (χ1v) is 6.21. The lowest BCUT2D eigenvalue weighted by molar-refractivity contribution is -0.131. The molecule has 0 aromatic heterocycles. The van der Waals surface area contributed by atoms with Crippen molar-refractivity contribution in [2.24, 2.45) is 5.92 Å². The highest BCUT2D eigenvalue weighted by atomic mass is 16.4. The molecular weight excluding hydrogens is 226 g/mol. The summed E-state index contributed by atoms with van der Waals surface area (Å²) in [7, 11) is 2.07. The molecular formula is C15H21NO2. The van der Waals surface area contributed by atoms with Crippen LogP contribution >= 0.6 is 0 Å². The largest absolute Gasteiger partial charge is 0.478 e. The zero-order chi connectivity index (χ0) is 13.5. The van der Waals surface area contributed by atoms with Crippen molar-refractivity contribution in [3.8, 4) is 0 Å². The number of hydrogen-bond donors (Lipinski definition) is 1. The Labute approximate surface area is 109 Å². The maximum Gasteiger partial charge on any atom is 0.328 e. The van der Waals surface area contributed by atoms with Crippen molar-refractivity contribution in [3.05, 3.63) is 35.9 Å². The SMILES string of the molecule is CC(C)CCN(C)c1ccc(C=CC(=O)O)cc1. The van der Waals surface area contributed by atoms with E-state index in [1.807, 2.05) is 24.3 Å². The fourth-order valence-corrected chi connectivity index (χ4v) is 1.59. The molecule has 0 saturated heterocycles. The van der Waals surface area contributed by atoms with Crippen molar-refractivity contribution in [2.75, 3.05) is 18.5 Å². The van der Waals surface area contributed by atoms with Crippen molar-refractivity contribution in [1.29, 1.82) is 0 Å². The smallest absolute Gasteiger partial charge is 0.328 e. The number of anilines is 1. The fraction of sp³-hybridized carbons (Fsp3) is 0.400. The van der Waals surface area contributed by atoms with E-state index in [-0.39, 0.29) is 0 Å². The Morgan fingerprint density at radius 1 is 1.33 bits per heavy atom. The summed E-state index contributed by atoms with van der Waals surface area (Å²) >= 11 is 0. The first-order valence-electron chi connectivity index (χ1n) is 6.21. The van der Waals surface area contributed by atoms with E-state index in [0.29, 0.717) is 5.92 Å². The molecule has 1 aromatic rings. The number of nitrogens with zero attached hydrogens (tertiary/aromatic N) is 1. The van der Waals surface area contributed by atoms with Gasteiger partial charge in [0.15, 0.2) is 0 Å². The van der Waals surface area contributed by atoms with E-state index in [4.69, 9.17) is 5.11 Å². The number of rotatable bonds is 6. The second-order valence-electron chi connectivity index (χ2n) is 4.87. The summed E-state index contributed by atoms with van der Waals surface area (Å²) < 4.78 is 0. The van der Waals surface area contributed by atoms with Crippen LogP contribution in [0.3, 0.4) is 0 Å². The topological polar surface area (TPSA) is 40.5 Å². The van der Waals surface area contributed by atoms with E-state index >= 15 is 0 Å². The van der Waals surface area contributed by atoms with Gasteiger partial charge in [0, 0.05) is 25.4 Å². The van der Waals surface area contributed by atoms with Gasteiger partial charge in [-0.1, -0.05) is 26.0 Å². The third-order valence-corrected chi connectivity index (χ3v) is 2.79. The average Bonchev–Trinajstić information content (AvgIpc) is 2.34. The van der Waals surface area contributed by atoms with Gasteiger partial charge < -0.3 is 10.0 Å².